The molecule has 3 atom stereocenters. The highest BCUT2D eigenvalue weighted by atomic mass is 19.4. The lowest BCUT2D eigenvalue weighted by molar-refractivity contribution is -0.272. The second kappa shape index (κ2) is 8.06. The number of fused-ring (bicyclic) bond motifs is 2. The Labute approximate surface area is 187 Å². The molecule has 0 fully saturated rings. The minimum Gasteiger partial charge on any atom is -0.507 e. The molecular weight excluding hydrogens is 440 g/mol. The van der Waals surface area contributed by atoms with E-state index in [2.05, 4.69) is 10.3 Å². The summed E-state index contributed by atoms with van der Waals surface area (Å²) < 4.78 is 57.2. The van der Waals surface area contributed by atoms with Crippen molar-refractivity contribution < 1.29 is 27.8 Å². The van der Waals surface area contributed by atoms with Crippen molar-refractivity contribution in [1.82, 2.24) is 4.98 Å². The summed E-state index contributed by atoms with van der Waals surface area (Å²) in [5.41, 5.74) is -2.65. The Bertz CT molecular complexity index is 1270. The van der Waals surface area contributed by atoms with Crippen LogP contribution in [0.25, 0.3) is 10.9 Å². The summed E-state index contributed by atoms with van der Waals surface area (Å²) in [5.74, 6) is -1.51. The molecule has 0 spiro atoms. The number of halogens is 4. The van der Waals surface area contributed by atoms with Crippen molar-refractivity contribution in [2.75, 3.05) is 5.32 Å². The van der Waals surface area contributed by atoms with Crippen LogP contribution in [0.1, 0.15) is 55.3 Å². The summed E-state index contributed by atoms with van der Waals surface area (Å²) in [6.45, 7) is 3.54. The van der Waals surface area contributed by atoms with Crippen LogP contribution < -0.4 is 10.9 Å². The number of aromatic amines is 1. The number of rotatable bonds is 4. The Morgan fingerprint density at radius 3 is 2.52 bits per heavy atom. The molecule has 0 bridgehead atoms. The molecule has 2 aromatic carbocycles. The standard InChI is InChI=1S/C24H24F4N2O3/c1-3-12-5-6-15-19(21(12)32)13(4-2)11-23(33,24(26,27)28)22(15)29-17-9-8-16(25)20-14(17)7-10-18(31)30-20/h5-10,13,22,29,32-33H,3-4,11H2,1-2H3,(H,30,31)/t13-,22-,23+/m0/s1. The van der Waals surface area contributed by atoms with Gasteiger partial charge in [0.05, 0.1) is 11.6 Å². The Hall–Kier alpha value is -3.07. The first-order valence-electron chi connectivity index (χ1n) is 10.7. The van der Waals surface area contributed by atoms with Crippen LogP contribution in [0.5, 0.6) is 5.75 Å². The molecule has 33 heavy (non-hydrogen) atoms. The van der Waals surface area contributed by atoms with Crippen LogP contribution in [0, 0.1) is 5.82 Å². The van der Waals surface area contributed by atoms with E-state index < -0.39 is 41.5 Å². The number of nitrogens with one attached hydrogen (secondary N) is 2. The van der Waals surface area contributed by atoms with Gasteiger partial charge in [-0.2, -0.15) is 13.2 Å². The van der Waals surface area contributed by atoms with Crippen molar-refractivity contribution in [3.05, 3.63) is 69.3 Å². The zero-order chi connectivity index (χ0) is 24.1. The number of phenols is 1. The van der Waals surface area contributed by atoms with Gasteiger partial charge in [-0.15, -0.1) is 0 Å². The molecule has 5 nitrogen and oxygen atoms in total. The van der Waals surface area contributed by atoms with Crippen LogP contribution in [-0.4, -0.2) is 27.0 Å². The predicted molar refractivity (Wildman–Crippen MR) is 117 cm³/mol. The fourth-order valence-corrected chi connectivity index (χ4v) is 4.81. The molecule has 1 aliphatic carbocycles. The minimum atomic E-state index is -4.99. The lowest BCUT2D eigenvalue weighted by Crippen LogP contribution is -2.55. The fourth-order valence-electron chi connectivity index (χ4n) is 4.81. The van der Waals surface area contributed by atoms with Crippen LogP contribution in [0.4, 0.5) is 23.2 Å². The molecule has 1 heterocycles. The summed E-state index contributed by atoms with van der Waals surface area (Å²) in [7, 11) is 0. The van der Waals surface area contributed by atoms with E-state index in [9.17, 15) is 32.6 Å². The van der Waals surface area contributed by atoms with Crippen molar-refractivity contribution in [2.24, 2.45) is 0 Å². The Morgan fingerprint density at radius 2 is 1.88 bits per heavy atom. The number of hydrogen-bond donors (Lipinski definition) is 4. The third kappa shape index (κ3) is 3.64. The number of hydrogen-bond acceptors (Lipinski definition) is 4. The summed E-state index contributed by atoms with van der Waals surface area (Å²) in [4.78, 5) is 14.0. The molecule has 1 aromatic heterocycles. The van der Waals surface area contributed by atoms with Gasteiger partial charge in [0.15, 0.2) is 5.60 Å². The van der Waals surface area contributed by atoms with E-state index in [0.29, 0.717) is 24.0 Å². The van der Waals surface area contributed by atoms with E-state index in [1.54, 1.807) is 13.0 Å². The number of pyridine rings is 1. The normalized spacial score (nSPS) is 22.9. The molecule has 0 radical (unpaired) electrons. The average Bonchev–Trinajstić information content (AvgIpc) is 2.76. The number of benzene rings is 2. The number of anilines is 1. The van der Waals surface area contributed by atoms with Gasteiger partial charge >= 0.3 is 6.18 Å². The van der Waals surface area contributed by atoms with E-state index in [1.807, 2.05) is 6.92 Å². The first-order valence-corrected chi connectivity index (χ1v) is 10.7. The molecule has 176 valence electrons. The van der Waals surface area contributed by atoms with Crippen LogP contribution in [0.15, 0.2) is 41.2 Å². The number of aryl methyl sites for hydroxylation is 1. The van der Waals surface area contributed by atoms with Crippen LogP contribution in [0.2, 0.25) is 0 Å². The molecule has 0 unspecified atom stereocenters. The van der Waals surface area contributed by atoms with Gasteiger partial charge in [-0.1, -0.05) is 26.0 Å². The lowest BCUT2D eigenvalue weighted by Gasteiger charge is -2.46. The number of alkyl halides is 3. The number of H-pyrrole nitrogens is 1. The van der Waals surface area contributed by atoms with E-state index in [0.717, 1.165) is 12.1 Å². The summed E-state index contributed by atoms with van der Waals surface area (Å²) in [6, 6.07) is 6.12. The van der Waals surface area contributed by atoms with E-state index in [4.69, 9.17) is 0 Å². The summed E-state index contributed by atoms with van der Waals surface area (Å²) >= 11 is 0. The van der Waals surface area contributed by atoms with Crippen LogP contribution in [-0.2, 0) is 6.42 Å². The summed E-state index contributed by atoms with van der Waals surface area (Å²) in [5, 5.41) is 24.8. The molecule has 0 aliphatic heterocycles. The quantitative estimate of drug-likeness (QED) is 0.396. The second-order valence-corrected chi connectivity index (χ2v) is 8.44. The Kier molecular flexibility index (Phi) is 5.64. The van der Waals surface area contributed by atoms with Gasteiger partial charge in [-0.05, 0) is 54.5 Å². The number of aromatic hydroxyl groups is 1. The monoisotopic (exact) mass is 464 g/mol. The van der Waals surface area contributed by atoms with Gasteiger partial charge < -0.3 is 20.5 Å². The predicted octanol–water partition coefficient (Wildman–Crippen LogP) is 5.28. The van der Waals surface area contributed by atoms with Crippen molar-refractivity contribution in [2.45, 2.75) is 56.8 Å². The number of aromatic nitrogens is 1. The van der Waals surface area contributed by atoms with Crippen molar-refractivity contribution in [3.8, 4) is 5.75 Å². The van der Waals surface area contributed by atoms with Crippen molar-refractivity contribution in [1.29, 1.82) is 0 Å². The maximum absolute atomic E-state index is 14.3. The molecule has 9 heteroatoms. The Morgan fingerprint density at radius 1 is 1.15 bits per heavy atom. The topological polar surface area (TPSA) is 85.3 Å². The zero-order valence-corrected chi connectivity index (χ0v) is 18.1. The summed E-state index contributed by atoms with van der Waals surface area (Å²) in [6.07, 6.45) is -4.85. The van der Waals surface area contributed by atoms with Crippen LogP contribution >= 0.6 is 0 Å². The van der Waals surface area contributed by atoms with Gasteiger partial charge in [0.2, 0.25) is 5.56 Å². The highest BCUT2D eigenvalue weighted by Crippen LogP contribution is 2.55. The molecule has 3 aromatic rings. The number of phenolic OH excluding ortho intramolecular Hbond substituents is 1. The molecule has 1 aliphatic rings. The smallest absolute Gasteiger partial charge is 0.419 e. The van der Waals surface area contributed by atoms with Gasteiger partial charge in [0.1, 0.15) is 11.6 Å². The minimum absolute atomic E-state index is 0.0637. The largest absolute Gasteiger partial charge is 0.507 e. The Balaban J connectivity index is 1.95. The third-order valence-electron chi connectivity index (χ3n) is 6.60. The molecular formula is C24H24F4N2O3. The first kappa shape index (κ1) is 23.1. The van der Waals surface area contributed by atoms with E-state index >= 15 is 0 Å². The molecule has 0 saturated heterocycles. The first-order chi connectivity index (χ1) is 15.5. The van der Waals surface area contributed by atoms with Crippen molar-refractivity contribution >= 4 is 16.6 Å². The number of aliphatic hydroxyl groups is 1. The van der Waals surface area contributed by atoms with Gasteiger partial charge in [-0.3, -0.25) is 4.79 Å². The third-order valence-corrected chi connectivity index (χ3v) is 6.60. The maximum Gasteiger partial charge on any atom is 0.419 e. The van der Waals surface area contributed by atoms with Gasteiger partial charge in [-0.25, -0.2) is 4.39 Å². The lowest BCUT2D eigenvalue weighted by atomic mass is 9.68. The van der Waals surface area contributed by atoms with E-state index in [1.165, 1.54) is 18.2 Å². The van der Waals surface area contributed by atoms with Crippen LogP contribution in [0.3, 0.4) is 0 Å². The van der Waals surface area contributed by atoms with Gasteiger partial charge in [0.25, 0.3) is 0 Å². The SMILES string of the molecule is CCc1ccc2c(c1O)[C@@H](CC)C[C@](O)(C(F)(F)F)[C@H]2Nc1ccc(F)c2[nH]c(=O)ccc12. The highest BCUT2D eigenvalue weighted by Gasteiger charge is 2.62. The maximum atomic E-state index is 14.3. The molecule has 4 rings (SSSR count). The molecule has 4 N–H and O–H groups in total. The van der Waals surface area contributed by atoms with Crippen molar-refractivity contribution in [3.63, 3.8) is 0 Å². The van der Waals surface area contributed by atoms with Gasteiger partial charge in [0, 0.05) is 22.7 Å². The molecule has 0 saturated carbocycles. The van der Waals surface area contributed by atoms with E-state index in [-0.39, 0.29) is 27.9 Å². The highest BCUT2D eigenvalue weighted by molar-refractivity contribution is 5.91. The fraction of sp³-hybridized carbons (Fsp3) is 0.375. The zero-order valence-electron chi connectivity index (χ0n) is 18.1. The average molecular weight is 464 g/mol. The molecule has 0 amide bonds. The second-order valence-electron chi connectivity index (χ2n) is 8.44.